The molecule has 0 aliphatic carbocycles. The molecule has 4 heteroatoms. The number of pyridine rings is 1. The molecule has 14 heavy (non-hydrogen) atoms. The van der Waals surface area contributed by atoms with Gasteiger partial charge in [-0.2, -0.15) is 0 Å². The Hall–Kier alpha value is -1.35. The fourth-order valence-electron chi connectivity index (χ4n) is 1.14. The van der Waals surface area contributed by atoms with Crippen LogP contribution in [0.4, 0.5) is 0 Å². The van der Waals surface area contributed by atoms with Gasteiger partial charge in [-0.05, 0) is 0 Å². The summed E-state index contributed by atoms with van der Waals surface area (Å²) in [7, 11) is 0. The summed E-state index contributed by atoms with van der Waals surface area (Å²) < 4.78 is 0.805. The molecule has 1 aromatic heterocycles. The molecular formula is C10H9N3Se. The zero-order chi connectivity index (χ0) is 10.6. The Kier molecular flexibility index (Phi) is 3.65. The standard InChI is InChI=1S/C10H9N3Se/c1-7-5-8(2)13-10(9(7)6-12)14-4-3-11/h5H,4H2,1-2H3. The molecule has 0 saturated carbocycles. The van der Waals surface area contributed by atoms with Crippen LogP contribution in [0.1, 0.15) is 16.8 Å². The molecule has 0 fully saturated rings. The second-order valence-corrected chi connectivity index (χ2v) is 4.84. The molecule has 0 N–H and O–H groups in total. The quantitative estimate of drug-likeness (QED) is 0.731. The third-order valence-corrected chi connectivity index (χ3v) is 3.46. The molecule has 1 heterocycles. The average Bonchev–Trinajstić information content (AvgIpc) is 2.14. The topological polar surface area (TPSA) is 60.5 Å². The number of nitrogens with zero attached hydrogens (tertiary/aromatic N) is 3. The predicted octanol–water partition coefficient (Wildman–Crippen LogP) is 0.841. The molecule has 0 aromatic carbocycles. The average molecular weight is 250 g/mol. The monoisotopic (exact) mass is 251 g/mol. The maximum atomic E-state index is 8.93. The minimum atomic E-state index is -0.00338. The van der Waals surface area contributed by atoms with Crippen molar-refractivity contribution >= 4 is 19.5 Å². The summed E-state index contributed by atoms with van der Waals surface area (Å²) in [5.74, 6) is 0. The first-order valence-corrected chi connectivity index (χ1v) is 6.14. The van der Waals surface area contributed by atoms with Crippen LogP contribution in [0.2, 0.25) is 5.32 Å². The van der Waals surface area contributed by atoms with Crippen LogP contribution in [0, 0.1) is 36.5 Å². The van der Waals surface area contributed by atoms with Crippen LogP contribution in [0.15, 0.2) is 6.07 Å². The molecule has 0 atom stereocenters. The molecule has 0 aliphatic heterocycles. The Labute approximate surface area is 89.5 Å². The van der Waals surface area contributed by atoms with Gasteiger partial charge in [0.2, 0.25) is 0 Å². The van der Waals surface area contributed by atoms with Crippen LogP contribution in [-0.4, -0.2) is 19.9 Å². The Bertz CT molecular complexity index is 426. The van der Waals surface area contributed by atoms with Crippen molar-refractivity contribution in [2.75, 3.05) is 0 Å². The van der Waals surface area contributed by atoms with Gasteiger partial charge in [-0.1, -0.05) is 0 Å². The van der Waals surface area contributed by atoms with Crippen LogP contribution in [-0.2, 0) is 0 Å². The van der Waals surface area contributed by atoms with Gasteiger partial charge in [0.1, 0.15) is 0 Å². The van der Waals surface area contributed by atoms with Gasteiger partial charge in [-0.25, -0.2) is 0 Å². The molecule has 0 unspecified atom stereocenters. The van der Waals surface area contributed by atoms with Crippen molar-refractivity contribution in [1.82, 2.24) is 4.98 Å². The van der Waals surface area contributed by atoms with Crippen molar-refractivity contribution in [3.63, 3.8) is 0 Å². The van der Waals surface area contributed by atoms with E-state index in [2.05, 4.69) is 17.1 Å². The van der Waals surface area contributed by atoms with Crippen LogP contribution >= 0.6 is 0 Å². The Balaban J connectivity index is 3.14. The van der Waals surface area contributed by atoms with Gasteiger partial charge in [-0.3, -0.25) is 0 Å². The van der Waals surface area contributed by atoms with Crippen molar-refractivity contribution in [2.45, 2.75) is 19.2 Å². The summed E-state index contributed by atoms with van der Waals surface area (Å²) in [5, 5.41) is 17.9. The van der Waals surface area contributed by atoms with Gasteiger partial charge in [0.25, 0.3) is 0 Å². The molecule has 0 bridgehead atoms. The second kappa shape index (κ2) is 4.77. The number of aryl methyl sites for hydroxylation is 2. The molecule has 1 rings (SSSR count). The van der Waals surface area contributed by atoms with Crippen molar-refractivity contribution in [3.8, 4) is 12.1 Å². The Morgan fingerprint density at radius 2 is 2.14 bits per heavy atom. The summed E-state index contributed by atoms with van der Waals surface area (Å²) in [6.45, 7) is 3.80. The number of hydrogen-bond acceptors (Lipinski definition) is 3. The number of aromatic nitrogens is 1. The van der Waals surface area contributed by atoms with E-state index < -0.39 is 0 Å². The van der Waals surface area contributed by atoms with Crippen molar-refractivity contribution in [3.05, 3.63) is 22.9 Å². The third kappa shape index (κ3) is 2.33. The molecule has 0 aliphatic rings. The molecule has 0 amide bonds. The summed E-state index contributed by atoms with van der Waals surface area (Å²) in [6, 6.07) is 6.12. The van der Waals surface area contributed by atoms with Crippen LogP contribution in [0.3, 0.4) is 0 Å². The van der Waals surface area contributed by atoms with Crippen molar-refractivity contribution in [1.29, 1.82) is 10.5 Å². The SMILES string of the molecule is Cc1cc(C)c(C#N)c([Se]CC#N)n1. The first-order valence-electron chi connectivity index (χ1n) is 4.07. The first-order chi connectivity index (χ1) is 6.69. The van der Waals surface area contributed by atoms with Gasteiger partial charge in [0, 0.05) is 0 Å². The molecule has 0 radical (unpaired) electrons. The molecule has 0 saturated heterocycles. The van der Waals surface area contributed by atoms with Gasteiger partial charge in [0.05, 0.1) is 0 Å². The Morgan fingerprint density at radius 1 is 1.43 bits per heavy atom. The normalized spacial score (nSPS) is 9.14. The van der Waals surface area contributed by atoms with Crippen LogP contribution in [0.25, 0.3) is 0 Å². The van der Waals surface area contributed by atoms with Gasteiger partial charge in [0.15, 0.2) is 0 Å². The summed E-state index contributed by atoms with van der Waals surface area (Å²) in [4.78, 5) is 4.30. The molecule has 0 spiro atoms. The van der Waals surface area contributed by atoms with Crippen LogP contribution in [0.5, 0.6) is 0 Å². The van der Waals surface area contributed by atoms with E-state index in [0.29, 0.717) is 10.9 Å². The molecule has 70 valence electrons. The second-order valence-electron chi connectivity index (χ2n) is 2.82. The van der Waals surface area contributed by atoms with E-state index in [1.54, 1.807) is 0 Å². The van der Waals surface area contributed by atoms with E-state index in [9.17, 15) is 0 Å². The molecule has 3 nitrogen and oxygen atoms in total. The van der Waals surface area contributed by atoms with E-state index in [4.69, 9.17) is 10.5 Å². The first kappa shape index (κ1) is 10.7. The third-order valence-electron chi connectivity index (χ3n) is 1.70. The number of hydrogen-bond donors (Lipinski definition) is 0. The summed E-state index contributed by atoms with van der Waals surface area (Å²) in [6.07, 6.45) is 0. The van der Waals surface area contributed by atoms with Gasteiger partial charge >= 0.3 is 89.2 Å². The van der Waals surface area contributed by atoms with Gasteiger partial charge in [-0.15, -0.1) is 0 Å². The number of rotatable bonds is 2. The maximum absolute atomic E-state index is 8.93. The zero-order valence-electron chi connectivity index (χ0n) is 8.03. The van der Waals surface area contributed by atoms with E-state index >= 15 is 0 Å². The van der Waals surface area contributed by atoms with E-state index in [-0.39, 0.29) is 15.0 Å². The fraction of sp³-hybridized carbons (Fsp3) is 0.300. The zero-order valence-corrected chi connectivity index (χ0v) is 9.75. The summed E-state index contributed by atoms with van der Waals surface area (Å²) in [5.41, 5.74) is 2.51. The van der Waals surface area contributed by atoms with E-state index in [1.807, 2.05) is 19.9 Å². The predicted molar refractivity (Wildman–Crippen MR) is 54.2 cm³/mol. The van der Waals surface area contributed by atoms with Crippen molar-refractivity contribution in [2.24, 2.45) is 0 Å². The molecular weight excluding hydrogens is 241 g/mol. The molecule has 1 aromatic rings. The van der Waals surface area contributed by atoms with Crippen LogP contribution < -0.4 is 4.59 Å². The van der Waals surface area contributed by atoms with Gasteiger partial charge < -0.3 is 0 Å². The summed E-state index contributed by atoms with van der Waals surface area (Å²) >= 11 is -0.00338. The Morgan fingerprint density at radius 3 is 2.71 bits per heavy atom. The van der Waals surface area contributed by atoms with Crippen molar-refractivity contribution < 1.29 is 0 Å². The minimum absolute atomic E-state index is 0.00338. The van der Waals surface area contributed by atoms with E-state index in [1.165, 1.54) is 0 Å². The fourth-order valence-corrected chi connectivity index (χ4v) is 2.74. The van der Waals surface area contributed by atoms with E-state index in [0.717, 1.165) is 15.8 Å². The number of nitriles is 2.